The number of hydrogen-bond acceptors (Lipinski definition) is 5. The summed E-state index contributed by atoms with van der Waals surface area (Å²) in [4.78, 5) is 28.9. The summed E-state index contributed by atoms with van der Waals surface area (Å²) in [7, 11) is 2.02. The minimum Gasteiger partial charge on any atom is -0.425 e. The van der Waals surface area contributed by atoms with Gasteiger partial charge in [0.1, 0.15) is 11.0 Å². The molecule has 0 atom stereocenters. The van der Waals surface area contributed by atoms with Crippen LogP contribution in [0.1, 0.15) is 10.6 Å². The molecule has 1 saturated heterocycles. The number of carbonyl (C=O) groups is 1. The first kappa shape index (κ1) is 14.0. The van der Waals surface area contributed by atoms with Gasteiger partial charge in [0.2, 0.25) is 5.43 Å². The van der Waals surface area contributed by atoms with Crippen LogP contribution < -0.4 is 5.43 Å². The number of furan rings is 1. The fourth-order valence-electron chi connectivity index (χ4n) is 2.87. The molecule has 0 aliphatic carbocycles. The molecule has 6 heteroatoms. The van der Waals surface area contributed by atoms with Crippen molar-refractivity contribution in [2.75, 3.05) is 33.2 Å². The molecule has 1 aromatic carbocycles. The van der Waals surface area contributed by atoms with Gasteiger partial charge >= 0.3 is 5.78 Å². The van der Waals surface area contributed by atoms with Gasteiger partial charge in [0.25, 0.3) is 5.91 Å². The number of piperazine rings is 1. The number of para-hydroxylation sites is 1. The molecular weight excluding hydrogens is 296 g/mol. The number of rotatable bonds is 1. The van der Waals surface area contributed by atoms with Gasteiger partial charge in [-0.3, -0.25) is 9.59 Å². The van der Waals surface area contributed by atoms with E-state index in [2.05, 4.69) is 4.90 Å². The fourth-order valence-corrected chi connectivity index (χ4v) is 2.87. The highest BCUT2D eigenvalue weighted by molar-refractivity contribution is 5.97. The molecule has 0 saturated carbocycles. The van der Waals surface area contributed by atoms with E-state index in [1.54, 1.807) is 29.2 Å². The van der Waals surface area contributed by atoms with Gasteiger partial charge < -0.3 is 18.6 Å². The van der Waals surface area contributed by atoms with Gasteiger partial charge in [0, 0.05) is 32.2 Å². The Kier molecular flexibility index (Phi) is 3.20. The average molecular weight is 312 g/mol. The van der Waals surface area contributed by atoms with Crippen LogP contribution in [0.25, 0.3) is 22.1 Å². The Bertz CT molecular complexity index is 948. The highest BCUT2D eigenvalue weighted by Crippen LogP contribution is 2.22. The Morgan fingerprint density at radius 1 is 1.04 bits per heavy atom. The quantitative estimate of drug-likeness (QED) is 0.687. The van der Waals surface area contributed by atoms with Gasteiger partial charge in [-0.2, -0.15) is 0 Å². The first-order valence-electron chi connectivity index (χ1n) is 7.57. The van der Waals surface area contributed by atoms with Gasteiger partial charge in [0.05, 0.1) is 5.39 Å². The van der Waals surface area contributed by atoms with E-state index >= 15 is 0 Å². The van der Waals surface area contributed by atoms with Crippen molar-refractivity contribution in [3.63, 3.8) is 0 Å². The second-order valence-electron chi connectivity index (χ2n) is 5.83. The molecule has 118 valence electrons. The lowest BCUT2D eigenvalue weighted by atomic mass is 10.2. The lowest BCUT2D eigenvalue weighted by molar-refractivity contribution is 0.0633. The normalized spacial score (nSPS) is 16.3. The first-order chi connectivity index (χ1) is 11.1. The van der Waals surface area contributed by atoms with Gasteiger partial charge in [-0.1, -0.05) is 12.1 Å². The number of fused-ring (bicyclic) bond motifs is 2. The van der Waals surface area contributed by atoms with E-state index in [0.717, 1.165) is 13.1 Å². The molecule has 0 spiro atoms. The van der Waals surface area contributed by atoms with Gasteiger partial charge in [0.15, 0.2) is 5.76 Å². The number of amides is 1. The third kappa shape index (κ3) is 2.31. The fraction of sp³-hybridized carbons (Fsp3) is 0.294. The van der Waals surface area contributed by atoms with Crippen LogP contribution in [0.4, 0.5) is 0 Å². The molecule has 3 aromatic rings. The van der Waals surface area contributed by atoms with Crippen molar-refractivity contribution < 1.29 is 13.6 Å². The Morgan fingerprint density at radius 3 is 2.57 bits per heavy atom. The summed E-state index contributed by atoms with van der Waals surface area (Å²) in [5.74, 6) is 0.0554. The second-order valence-corrected chi connectivity index (χ2v) is 5.83. The van der Waals surface area contributed by atoms with Crippen molar-refractivity contribution >= 4 is 28.0 Å². The van der Waals surface area contributed by atoms with Crippen molar-refractivity contribution in [1.29, 1.82) is 0 Å². The molecular formula is C17H16N2O4. The van der Waals surface area contributed by atoms with Crippen molar-refractivity contribution in [2.24, 2.45) is 0 Å². The number of benzene rings is 1. The monoisotopic (exact) mass is 312 g/mol. The molecule has 4 rings (SSSR count). The van der Waals surface area contributed by atoms with Crippen LogP contribution in [0, 0.1) is 0 Å². The summed E-state index contributed by atoms with van der Waals surface area (Å²) in [6.07, 6.45) is 0. The second kappa shape index (κ2) is 5.24. The van der Waals surface area contributed by atoms with E-state index in [1.165, 1.54) is 6.07 Å². The predicted molar refractivity (Wildman–Crippen MR) is 85.7 cm³/mol. The van der Waals surface area contributed by atoms with Crippen LogP contribution in [0.3, 0.4) is 0 Å². The van der Waals surface area contributed by atoms with Crippen LogP contribution in [0.15, 0.2) is 44.0 Å². The summed E-state index contributed by atoms with van der Waals surface area (Å²) in [5.41, 5.74) is 0.279. The minimum absolute atomic E-state index is 0.103. The largest absolute Gasteiger partial charge is 0.425 e. The van der Waals surface area contributed by atoms with E-state index in [4.69, 9.17) is 8.83 Å². The summed E-state index contributed by atoms with van der Waals surface area (Å²) < 4.78 is 11.1. The number of nitrogens with zero attached hydrogens (tertiary/aromatic N) is 2. The Hall–Kier alpha value is -2.60. The molecule has 2 aromatic heterocycles. The maximum absolute atomic E-state index is 12.6. The molecule has 23 heavy (non-hydrogen) atoms. The van der Waals surface area contributed by atoms with Crippen molar-refractivity contribution in [2.45, 2.75) is 0 Å². The average Bonchev–Trinajstić information content (AvgIpc) is 2.99. The van der Waals surface area contributed by atoms with Crippen LogP contribution in [0.2, 0.25) is 0 Å². The van der Waals surface area contributed by atoms with E-state index in [-0.39, 0.29) is 22.9 Å². The Morgan fingerprint density at radius 2 is 1.78 bits per heavy atom. The van der Waals surface area contributed by atoms with E-state index in [0.29, 0.717) is 29.4 Å². The van der Waals surface area contributed by atoms with Crippen molar-refractivity contribution in [1.82, 2.24) is 9.80 Å². The lowest BCUT2D eigenvalue weighted by Gasteiger charge is -2.31. The van der Waals surface area contributed by atoms with E-state index in [9.17, 15) is 9.59 Å². The standard InChI is InChI=1S/C17H16N2O4/c1-18-6-8-19(9-7-18)16(21)14-10-12-15(20)11-4-2-3-5-13(11)22-17(12)23-14/h2-5,10H,6-9H2,1H3. The van der Waals surface area contributed by atoms with Crippen molar-refractivity contribution in [3.05, 3.63) is 46.3 Å². The maximum atomic E-state index is 12.6. The summed E-state index contributed by atoms with van der Waals surface area (Å²) >= 11 is 0. The summed E-state index contributed by atoms with van der Waals surface area (Å²) in [6.45, 7) is 2.95. The zero-order chi connectivity index (χ0) is 16.0. The number of hydrogen-bond donors (Lipinski definition) is 0. The molecule has 3 heterocycles. The molecule has 1 aliphatic heterocycles. The van der Waals surface area contributed by atoms with Crippen LogP contribution in [0.5, 0.6) is 0 Å². The minimum atomic E-state index is -0.201. The molecule has 1 aliphatic rings. The van der Waals surface area contributed by atoms with E-state index < -0.39 is 0 Å². The lowest BCUT2D eigenvalue weighted by Crippen LogP contribution is -2.47. The zero-order valence-corrected chi connectivity index (χ0v) is 12.7. The third-order valence-corrected chi connectivity index (χ3v) is 4.28. The molecule has 1 amide bonds. The van der Waals surface area contributed by atoms with Crippen LogP contribution in [-0.4, -0.2) is 48.9 Å². The number of carbonyl (C=O) groups excluding carboxylic acids is 1. The van der Waals surface area contributed by atoms with Gasteiger partial charge in [-0.15, -0.1) is 0 Å². The zero-order valence-electron chi connectivity index (χ0n) is 12.7. The molecule has 6 nitrogen and oxygen atoms in total. The maximum Gasteiger partial charge on any atom is 0.302 e. The summed E-state index contributed by atoms with van der Waals surface area (Å²) in [6, 6.07) is 8.47. The summed E-state index contributed by atoms with van der Waals surface area (Å²) in [5, 5.41) is 0.792. The van der Waals surface area contributed by atoms with E-state index in [1.807, 2.05) is 7.05 Å². The highest BCUT2D eigenvalue weighted by Gasteiger charge is 2.24. The molecule has 0 N–H and O–H groups in total. The molecule has 0 bridgehead atoms. The third-order valence-electron chi connectivity index (χ3n) is 4.28. The first-order valence-corrected chi connectivity index (χ1v) is 7.57. The van der Waals surface area contributed by atoms with Crippen molar-refractivity contribution in [3.8, 4) is 0 Å². The van der Waals surface area contributed by atoms with Crippen LogP contribution in [-0.2, 0) is 0 Å². The Balaban J connectivity index is 1.77. The predicted octanol–water partition coefficient (Wildman–Crippen LogP) is 1.93. The molecule has 0 unspecified atom stereocenters. The van der Waals surface area contributed by atoms with Crippen LogP contribution >= 0.6 is 0 Å². The SMILES string of the molecule is CN1CCN(C(=O)c2cc3c(=O)c4ccccc4oc3o2)CC1. The number of likely N-dealkylation sites (N-methyl/N-ethyl adjacent to an activating group) is 1. The smallest absolute Gasteiger partial charge is 0.302 e. The topological polar surface area (TPSA) is 66.9 Å². The Labute approximate surface area is 131 Å². The highest BCUT2D eigenvalue weighted by atomic mass is 16.5. The molecule has 0 radical (unpaired) electrons. The van der Waals surface area contributed by atoms with Gasteiger partial charge in [-0.25, -0.2) is 0 Å². The van der Waals surface area contributed by atoms with Gasteiger partial charge in [-0.05, 0) is 19.2 Å². The molecule has 1 fully saturated rings.